The van der Waals surface area contributed by atoms with Gasteiger partial charge < -0.3 is 4.18 Å². The van der Waals surface area contributed by atoms with E-state index < -0.39 is 30.9 Å². The van der Waals surface area contributed by atoms with E-state index in [1.807, 2.05) is 0 Å². The molecule has 1 N–H and O–H groups in total. The standard InChI is InChI=1S/C8H10O6S2/c1-6-3-4-8(16(11,12)13)7(5-6)14-15(2,9)10/h3-5H,1-2H3,(H,11,12,13). The summed E-state index contributed by atoms with van der Waals surface area (Å²) >= 11 is 0. The normalized spacial score (nSPS) is 12.4. The van der Waals surface area contributed by atoms with Crippen molar-refractivity contribution in [1.82, 2.24) is 0 Å². The maximum absolute atomic E-state index is 10.9. The van der Waals surface area contributed by atoms with E-state index >= 15 is 0 Å². The summed E-state index contributed by atoms with van der Waals surface area (Å²) in [7, 11) is -8.36. The van der Waals surface area contributed by atoms with Gasteiger partial charge >= 0.3 is 10.1 Å². The van der Waals surface area contributed by atoms with E-state index in [2.05, 4.69) is 4.18 Å². The van der Waals surface area contributed by atoms with Gasteiger partial charge in [-0.1, -0.05) is 6.07 Å². The summed E-state index contributed by atoms with van der Waals surface area (Å²) in [6, 6.07) is 3.70. The molecule has 1 rings (SSSR count). The summed E-state index contributed by atoms with van der Waals surface area (Å²) in [5.74, 6) is -0.412. The molecular weight excluding hydrogens is 256 g/mol. The molecule has 0 radical (unpaired) electrons. The first-order chi connectivity index (χ1) is 7.09. The Morgan fingerprint density at radius 3 is 2.19 bits per heavy atom. The summed E-state index contributed by atoms with van der Waals surface area (Å²) in [6.07, 6.45) is 0.781. The molecule has 1 aromatic rings. The van der Waals surface area contributed by atoms with Crippen LogP contribution in [0, 0.1) is 6.92 Å². The minimum absolute atomic E-state index is 0.412. The van der Waals surface area contributed by atoms with Gasteiger partial charge in [0.25, 0.3) is 10.1 Å². The minimum Gasteiger partial charge on any atom is -0.381 e. The first-order valence-electron chi connectivity index (χ1n) is 4.07. The third-order valence-electron chi connectivity index (χ3n) is 1.62. The van der Waals surface area contributed by atoms with Crippen LogP contribution in [0.1, 0.15) is 5.56 Å². The van der Waals surface area contributed by atoms with Crippen LogP contribution in [0.15, 0.2) is 23.1 Å². The molecule has 0 aliphatic heterocycles. The van der Waals surface area contributed by atoms with E-state index in [0.29, 0.717) is 5.56 Å². The molecule has 90 valence electrons. The van der Waals surface area contributed by atoms with Crippen LogP contribution in [-0.4, -0.2) is 27.6 Å². The second-order valence-electron chi connectivity index (χ2n) is 3.21. The molecule has 6 nitrogen and oxygen atoms in total. The molecule has 0 atom stereocenters. The second kappa shape index (κ2) is 4.04. The van der Waals surface area contributed by atoms with Crippen LogP contribution in [-0.2, 0) is 20.2 Å². The molecule has 0 spiro atoms. The van der Waals surface area contributed by atoms with Crippen molar-refractivity contribution >= 4 is 20.2 Å². The van der Waals surface area contributed by atoms with Crippen LogP contribution in [0.3, 0.4) is 0 Å². The van der Waals surface area contributed by atoms with E-state index in [9.17, 15) is 16.8 Å². The van der Waals surface area contributed by atoms with Gasteiger partial charge in [-0.3, -0.25) is 4.55 Å². The fourth-order valence-electron chi connectivity index (χ4n) is 1.06. The molecule has 16 heavy (non-hydrogen) atoms. The number of rotatable bonds is 3. The zero-order chi connectivity index (χ0) is 12.6. The largest absolute Gasteiger partial charge is 0.381 e. The second-order valence-corrected chi connectivity index (χ2v) is 6.18. The molecule has 0 amide bonds. The fourth-order valence-corrected chi connectivity index (χ4v) is 2.17. The van der Waals surface area contributed by atoms with Crippen molar-refractivity contribution in [2.75, 3.05) is 6.26 Å². The van der Waals surface area contributed by atoms with Gasteiger partial charge in [0.1, 0.15) is 4.90 Å². The van der Waals surface area contributed by atoms with Gasteiger partial charge in [-0.15, -0.1) is 0 Å². The average Bonchev–Trinajstić information content (AvgIpc) is 1.97. The lowest BCUT2D eigenvalue weighted by atomic mass is 10.2. The maximum atomic E-state index is 10.9. The van der Waals surface area contributed by atoms with Crippen molar-refractivity contribution in [1.29, 1.82) is 0 Å². The highest BCUT2D eigenvalue weighted by Gasteiger charge is 2.19. The Labute approximate surface area is 93.7 Å². The number of hydrogen-bond acceptors (Lipinski definition) is 5. The van der Waals surface area contributed by atoms with E-state index in [0.717, 1.165) is 12.3 Å². The molecule has 0 unspecified atom stereocenters. The summed E-state index contributed by atoms with van der Waals surface area (Å²) in [5, 5.41) is 0. The molecule has 0 aliphatic rings. The van der Waals surface area contributed by atoms with Crippen molar-refractivity contribution in [3.05, 3.63) is 23.8 Å². The zero-order valence-electron chi connectivity index (χ0n) is 8.54. The number of benzene rings is 1. The molecule has 0 aromatic heterocycles. The van der Waals surface area contributed by atoms with Gasteiger partial charge in [0.15, 0.2) is 5.75 Å². The molecular formula is C8H10O6S2. The smallest absolute Gasteiger partial charge is 0.306 e. The van der Waals surface area contributed by atoms with Crippen molar-refractivity contribution < 1.29 is 25.6 Å². The van der Waals surface area contributed by atoms with Gasteiger partial charge in [-0.25, -0.2) is 0 Å². The van der Waals surface area contributed by atoms with Crippen molar-refractivity contribution in [3.63, 3.8) is 0 Å². The zero-order valence-corrected chi connectivity index (χ0v) is 10.2. The van der Waals surface area contributed by atoms with Crippen molar-refractivity contribution in [3.8, 4) is 5.75 Å². The predicted molar refractivity (Wildman–Crippen MR) is 56.5 cm³/mol. The predicted octanol–water partition coefficient (Wildman–Crippen LogP) is 0.580. The third kappa shape index (κ3) is 3.47. The lowest BCUT2D eigenvalue weighted by Crippen LogP contribution is -2.10. The molecule has 0 saturated heterocycles. The van der Waals surface area contributed by atoms with Crippen LogP contribution in [0.5, 0.6) is 5.75 Å². The lowest BCUT2D eigenvalue weighted by molar-refractivity contribution is 0.466. The van der Waals surface area contributed by atoms with Crippen LogP contribution < -0.4 is 4.18 Å². The molecule has 0 bridgehead atoms. The quantitative estimate of drug-likeness (QED) is 0.634. The molecule has 1 aromatic carbocycles. The summed E-state index contributed by atoms with van der Waals surface area (Å²) in [4.78, 5) is -0.580. The number of hydrogen-bond donors (Lipinski definition) is 1. The van der Waals surface area contributed by atoms with Crippen LogP contribution in [0.25, 0.3) is 0 Å². The number of aryl methyl sites for hydroxylation is 1. The summed E-state index contributed by atoms with van der Waals surface area (Å²) in [5.41, 5.74) is 0.603. The molecule has 0 aliphatic carbocycles. The lowest BCUT2D eigenvalue weighted by Gasteiger charge is -2.07. The highest BCUT2D eigenvalue weighted by molar-refractivity contribution is 7.87. The SMILES string of the molecule is Cc1ccc(S(=O)(=O)O)c(OS(C)(=O)=O)c1. The first kappa shape index (κ1) is 12.9. The van der Waals surface area contributed by atoms with E-state index in [1.54, 1.807) is 6.92 Å². The molecule has 8 heteroatoms. The third-order valence-corrected chi connectivity index (χ3v) is 2.99. The van der Waals surface area contributed by atoms with Crippen LogP contribution in [0.4, 0.5) is 0 Å². The maximum Gasteiger partial charge on any atom is 0.306 e. The van der Waals surface area contributed by atoms with Gasteiger partial charge in [-0.2, -0.15) is 16.8 Å². The fraction of sp³-hybridized carbons (Fsp3) is 0.250. The Morgan fingerprint density at radius 2 is 1.75 bits per heavy atom. The Bertz CT molecular complexity index is 599. The highest BCUT2D eigenvalue weighted by atomic mass is 32.2. The summed E-state index contributed by atoms with van der Waals surface area (Å²) in [6.45, 7) is 1.63. The Kier molecular flexibility index (Phi) is 3.27. The monoisotopic (exact) mass is 266 g/mol. The average molecular weight is 266 g/mol. The summed E-state index contributed by atoms with van der Waals surface area (Å²) < 4.78 is 57.0. The van der Waals surface area contributed by atoms with Crippen LogP contribution >= 0.6 is 0 Å². The van der Waals surface area contributed by atoms with Crippen molar-refractivity contribution in [2.24, 2.45) is 0 Å². The van der Waals surface area contributed by atoms with Gasteiger partial charge in [-0.05, 0) is 24.6 Å². The van der Waals surface area contributed by atoms with Gasteiger partial charge in [0.2, 0.25) is 0 Å². The van der Waals surface area contributed by atoms with Gasteiger partial charge in [0, 0.05) is 0 Å². The Morgan fingerprint density at radius 1 is 1.19 bits per heavy atom. The van der Waals surface area contributed by atoms with E-state index in [1.165, 1.54) is 12.1 Å². The first-order valence-corrected chi connectivity index (χ1v) is 7.33. The minimum atomic E-state index is -4.51. The highest BCUT2D eigenvalue weighted by Crippen LogP contribution is 2.25. The van der Waals surface area contributed by atoms with E-state index in [4.69, 9.17) is 4.55 Å². The van der Waals surface area contributed by atoms with Crippen LogP contribution in [0.2, 0.25) is 0 Å². The molecule has 0 fully saturated rings. The van der Waals surface area contributed by atoms with E-state index in [-0.39, 0.29) is 0 Å². The molecule has 0 saturated carbocycles. The van der Waals surface area contributed by atoms with Gasteiger partial charge in [0.05, 0.1) is 6.26 Å². The molecule has 0 heterocycles. The topological polar surface area (TPSA) is 97.7 Å². The Balaban J connectivity index is 3.42. The van der Waals surface area contributed by atoms with Crippen molar-refractivity contribution in [2.45, 2.75) is 11.8 Å². The Hall–Kier alpha value is -1.12.